The van der Waals surface area contributed by atoms with Crippen LogP contribution >= 0.6 is 0 Å². The summed E-state index contributed by atoms with van der Waals surface area (Å²) in [6, 6.07) is 34.3. The molecule has 322 valence electrons. The first-order chi connectivity index (χ1) is 28.9. The first kappa shape index (κ1) is 45.9. The van der Waals surface area contributed by atoms with Crippen molar-refractivity contribution in [2.45, 2.75) is 44.8 Å². The molecule has 0 unspecified atom stereocenters. The van der Waals surface area contributed by atoms with Crippen molar-refractivity contribution in [2.75, 3.05) is 78.7 Å². The Bertz CT molecular complexity index is 2180. The number of nitrogens with zero attached hydrogens (tertiary/aromatic N) is 1. The lowest BCUT2D eigenvalue weighted by Gasteiger charge is -2.20. The zero-order chi connectivity index (χ0) is 42.8. The predicted octanol–water partition coefficient (Wildman–Crippen LogP) is 8.56. The van der Waals surface area contributed by atoms with E-state index < -0.39 is 21.5 Å². The third-order valence-electron chi connectivity index (χ3n) is 9.16. The molecule has 0 bridgehead atoms. The summed E-state index contributed by atoms with van der Waals surface area (Å²) in [6.45, 7) is 14.1. The molecule has 60 heavy (non-hydrogen) atoms. The smallest absolute Gasteiger partial charge is 0.407 e. The fourth-order valence-corrected chi connectivity index (χ4v) is 6.68. The standard InChI is InChI=1S/C47H58N2O10S/c1-6-49(25-28-54-31-33-55-32-30-53-27-24-48-46(50)59-47(2,3)4)26-29-56-39-15-17-40(18-16-39)58-45-43(37-12-20-42(21-13-37)60(5,51)52)22-14-38-34-41(19-23-44(38)45)57-35-36-10-8-7-9-11-36/h7-23,34H,6,24-33,35H2,1-5H3,(H,48,50). The lowest BCUT2D eigenvalue weighted by atomic mass is 9.99. The maximum atomic E-state index is 12.2. The highest BCUT2D eigenvalue weighted by atomic mass is 32.2. The molecule has 5 rings (SSSR count). The third kappa shape index (κ3) is 15.4. The van der Waals surface area contributed by atoms with Crippen LogP contribution < -0.4 is 19.5 Å². The van der Waals surface area contributed by atoms with Crippen LogP contribution in [-0.2, 0) is 35.4 Å². The van der Waals surface area contributed by atoms with E-state index in [1.54, 1.807) is 24.3 Å². The minimum Gasteiger partial charge on any atom is -0.492 e. The average molecular weight is 843 g/mol. The SMILES string of the molecule is CCN(CCOCCOCCOCCNC(=O)OC(C)(C)C)CCOc1ccc(Oc2c(-c3ccc(S(C)(=O)=O)cc3)ccc3cc(OCc4ccccc4)ccc23)cc1. The topological polar surface area (TPSA) is 131 Å². The van der Waals surface area contributed by atoms with Crippen LogP contribution in [0.4, 0.5) is 4.79 Å². The molecule has 0 aliphatic carbocycles. The summed E-state index contributed by atoms with van der Waals surface area (Å²) in [5, 5.41) is 4.48. The Labute approximate surface area is 354 Å². The van der Waals surface area contributed by atoms with Gasteiger partial charge in [0.15, 0.2) is 9.84 Å². The Morgan fingerprint density at radius 2 is 1.32 bits per heavy atom. The van der Waals surface area contributed by atoms with Gasteiger partial charge in [-0.15, -0.1) is 0 Å². The van der Waals surface area contributed by atoms with Gasteiger partial charge in [-0.25, -0.2) is 13.2 Å². The number of sulfone groups is 1. The number of nitrogens with one attached hydrogen (secondary N) is 1. The minimum atomic E-state index is -3.34. The van der Waals surface area contributed by atoms with Gasteiger partial charge in [-0.1, -0.05) is 55.5 Å². The van der Waals surface area contributed by atoms with Gasteiger partial charge in [-0.3, -0.25) is 4.90 Å². The second-order valence-corrected chi connectivity index (χ2v) is 17.0. The van der Waals surface area contributed by atoms with Gasteiger partial charge in [-0.05, 0) is 104 Å². The summed E-state index contributed by atoms with van der Waals surface area (Å²) < 4.78 is 65.1. The van der Waals surface area contributed by atoms with E-state index in [4.69, 9.17) is 33.2 Å². The van der Waals surface area contributed by atoms with Crippen LogP contribution in [0.15, 0.2) is 114 Å². The molecule has 1 amide bonds. The van der Waals surface area contributed by atoms with E-state index >= 15 is 0 Å². The summed E-state index contributed by atoms with van der Waals surface area (Å²) in [5.41, 5.74) is 2.20. The number of likely N-dealkylation sites (N-methyl/N-ethyl adjacent to an activating group) is 1. The molecule has 0 spiro atoms. The Balaban J connectivity index is 1.07. The number of fused-ring (bicyclic) bond motifs is 1. The number of ether oxygens (including phenoxy) is 7. The molecular formula is C47H58N2O10S. The van der Waals surface area contributed by atoms with Gasteiger partial charge in [0.05, 0.1) is 44.5 Å². The Kier molecular flexibility index (Phi) is 17.6. The third-order valence-corrected chi connectivity index (χ3v) is 10.3. The van der Waals surface area contributed by atoms with Gasteiger partial charge in [-0.2, -0.15) is 0 Å². The number of hydrogen-bond acceptors (Lipinski definition) is 11. The molecule has 0 aromatic heterocycles. The van der Waals surface area contributed by atoms with Crippen LogP contribution in [0.1, 0.15) is 33.3 Å². The molecule has 1 N–H and O–H groups in total. The highest BCUT2D eigenvalue weighted by Gasteiger charge is 2.17. The summed E-state index contributed by atoms with van der Waals surface area (Å²) in [5.74, 6) is 2.74. The summed E-state index contributed by atoms with van der Waals surface area (Å²) in [6.07, 6.45) is 0.743. The molecule has 0 heterocycles. The van der Waals surface area contributed by atoms with Crippen molar-refractivity contribution >= 4 is 26.7 Å². The number of hydrogen-bond donors (Lipinski definition) is 1. The van der Waals surface area contributed by atoms with Crippen LogP contribution in [0.25, 0.3) is 21.9 Å². The second-order valence-electron chi connectivity index (χ2n) is 15.0. The lowest BCUT2D eigenvalue weighted by Crippen LogP contribution is -2.34. The first-order valence-corrected chi connectivity index (χ1v) is 22.1. The summed E-state index contributed by atoms with van der Waals surface area (Å²) >= 11 is 0. The number of alkyl carbamates (subject to hydrolysis) is 1. The average Bonchev–Trinajstić information content (AvgIpc) is 3.22. The highest BCUT2D eigenvalue weighted by molar-refractivity contribution is 7.90. The van der Waals surface area contributed by atoms with Crippen LogP contribution in [0.3, 0.4) is 0 Å². The van der Waals surface area contributed by atoms with E-state index in [9.17, 15) is 13.2 Å². The minimum absolute atomic E-state index is 0.255. The zero-order valence-corrected chi connectivity index (χ0v) is 36.1. The van der Waals surface area contributed by atoms with Crippen molar-refractivity contribution in [1.29, 1.82) is 0 Å². The molecular weight excluding hydrogens is 785 g/mol. The second kappa shape index (κ2) is 23.0. The zero-order valence-electron chi connectivity index (χ0n) is 35.3. The quantitative estimate of drug-likeness (QED) is 0.0600. The van der Waals surface area contributed by atoms with Crippen molar-refractivity contribution in [2.24, 2.45) is 0 Å². The van der Waals surface area contributed by atoms with Crippen molar-refractivity contribution in [3.05, 3.63) is 115 Å². The van der Waals surface area contributed by atoms with Crippen molar-refractivity contribution in [1.82, 2.24) is 10.2 Å². The Morgan fingerprint density at radius 1 is 0.683 bits per heavy atom. The van der Waals surface area contributed by atoms with Crippen LogP contribution in [-0.4, -0.2) is 104 Å². The van der Waals surface area contributed by atoms with Gasteiger partial charge < -0.3 is 38.5 Å². The molecule has 13 heteroatoms. The maximum absolute atomic E-state index is 12.2. The number of rotatable bonds is 24. The van der Waals surface area contributed by atoms with Crippen LogP contribution in [0, 0.1) is 0 Å². The number of benzene rings is 5. The maximum Gasteiger partial charge on any atom is 0.407 e. The molecule has 5 aromatic carbocycles. The van der Waals surface area contributed by atoms with Gasteiger partial charge in [0.25, 0.3) is 0 Å². The van der Waals surface area contributed by atoms with Crippen molar-refractivity contribution < 1.29 is 46.4 Å². The van der Waals surface area contributed by atoms with E-state index in [2.05, 4.69) is 17.1 Å². The first-order valence-electron chi connectivity index (χ1n) is 20.2. The van der Waals surface area contributed by atoms with E-state index in [0.717, 1.165) is 58.6 Å². The van der Waals surface area contributed by atoms with Gasteiger partial charge in [0.1, 0.15) is 41.8 Å². The van der Waals surface area contributed by atoms with E-state index in [-0.39, 0.29) is 4.90 Å². The fraction of sp³-hybridized carbons (Fsp3) is 0.383. The predicted molar refractivity (Wildman–Crippen MR) is 234 cm³/mol. The van der Waals surface area contributed by atoms with Gasteiger partial charge in [0.2, 0.25) is 0 Å². The molecule has 0 fully saturated rings. The molecule has 0 saturated carbocycles. The normalized spacial score (nSPS) is 11.8. The highest BCUT2D eigenvalue weighted by Crippen LogP contribution is 2.41. The van der Waals surface area contributed by atoms with Crippen LogP contribution in [0.2, 0.25) is 0 Å². The number of carbonyl (C=O) groups excluding carboxylic acids is 1. The summed E-state index contributed by atoms with van der Waals surface area (Å²) in [4.78, 5) is 14.1. The van der Waals surface area contributed by atoms with Gasteiger partial charge >= 0.3 is 6.09 Å². The molecule has 0 atom stereocenters. The van der Waals surface area contributed by atoms with E-state index in [1.165, 1.54) is 6.26 Å². The number of amides is 1. The summed E-state index contributed by atoms with van der Waals surface area (Å²) in [7, 11) is -3.34. The molecule has 12 nitrogen and oxygen atoms in total. The largest absolute Gasteiger partial charge is 0.492 e. The molecule has 0 saturated heterocycles. The Hall–Kier alpha value is -5.18. The monoisotopic (exact) mass is 842 g/mol. The fourth-order valence-electron chi connectivity index (χ4n) is 6.05. The number of carbonyl (C=O) groups is 1. The molecule has 5 aromatic rings. The molecule has 0 aliphatic heterocycles. The van der Waals surface area contributed by atoms with Gasteiger partial charge in [0, 0.05) is 36.8 Å². The van der Waals surface area contributed by atoms with Crippen LogP contribution in [0.5, 0.6) is 23.0 Å². The Morgan fingerprint density at radius 3 is 1.98 bits per heavy atom. The van der Waals surface area contributed by atoms with E-state index in [1.807, 2.05) is 106 Å². The lowest BCUT2D eigenvalue weighted by molar-refractivity contribution is 0.00995. The van der Waals surface area contributed by atoms with E-state index in [0.29, 0.717) is 70.9 Å². The molecule has 0 radical (unpaired) electrons. The van der Waals surface area contributed by atoms with Crippen molar-refractivity contribution in [3.8, 4) is 34.1 Å². The molecule has 0 aliphatic rings. The van der Waals surface area contributed by atoms with Crippen molar-refractivity contribution in [3.63, 3.8) is 0 Å².